The van der Waals surface area contributed by atoms with Gasteiger partial charge in [-0.3, -0.25) is 0 Å². The molecule has 0 saturated carbocycles. The molecule has 0 amide bonds. The van der Waals surface area contributed by atoms with Crippen molar-refractivity contribution in [1.82, 2.24) is 9.97 Å². The molecule has 0 spiro atoms. The van der Waals surface area contributed by atoms with E-state index in [-0.39, 0.29) is 11.5 Å². The topological polar surface area (TPSA) is 71.0 Å². The van der Waals surface area contributed by atoms with Crippen LogP contribution in [0.2, 0.25) is 0 Å². The first kappa shape index (κ1) is 14.4. The molecule has 0 saturated heterocycles. The van der Waals surface area contributed by atoms with Gasteiger partial charge in [0.15, 0.2) is 0 Å². The minimum atomic E-state index is -0.370. The zero-order chi connectivity index (χ0) is 16.5. The first-order valence-corrected chi connectivity index (χ1v) is 7.64. The number of hydrogen-bond donors (Lipinski definition) is 2. The van der Waals surface area contributed by atoms with E-state index in [1.54, 1.807) is 25.3 Å². The SMILES string of the molecule is COc1ccc2oc(=O)cc(C(c3ccc[nH]3)c3ccc[nH]3)c2c1. The fourth-order valence-electron chi connectivity index (χ4n) is 3.08. The summed E-state index contributed by atoms with van der Waals surface area (Å²) in [4.78, 5) is 18.6. The summed E-state index contributed by atoms with van der Waals surface area (Å²) in [5, 5.41) is 0.850. The maximum absolute atomic E-state index is 12.1. The quantitative estimate of drug-likeness (QED) is 0.564. The molecular formula is C19H16N2O3. The molecule has 0 atom stereocenters. The summed E-state index contributed by atoms with van der Waals surface area (Å²) in [5.41, 5.74) is 3.02. The van der Waals surface area contributed by atoms with Gasteiger partial charge in [0.2, 0.25) is 0 Å². The zero-order valence-corrected chi connectivity index (χ0v) is 13.1. The van der Waals surface area contributed by atoms with Crippen LogP contribution in [0.1, 0.15) is 22.9 Å². The summed E-state index contributed by atoms with van der Waals surface area (Å²) in [6.07, 6.45) is 3.75. The van der Waals surface area contributed by atoms with Crippen LogP contribution in [-0.2, 0) is 0 Å². The van der Waals surface area contributed by atoms with Gasteiger partial charge in [-0.25, -0.2) is 4.79 Å². The summed E-state index contributed by atoms with van der Waals surface area (Å²) >= 11 is 0. The normalized spacial score (nSPS) is 11.2. The first-order chi connectivity index (χ1) is 11.8. The number of aromatic amines is 2. The second-order valence-electron chi connectivity index (χ2n) is 5.57. The number of fused-ring (bicyclic) bond motifs is 1. The lowest BCUT2D eigenvalue weighted by Gasteiger charge is -2.17. The lowest BCUT2D eigenvalue weighted by atomic mass is 9.90. The molecule has 3 aromatic heterocycles. The molecular weight excluding hydrogens is 304 g/mol. The Hall–Kier alpha value is -3.21. The highest BCUT2D eigenvalue weighted by molar-refractivity contribution is 5.83. The van der Waals surface area contributed by atoms with E-state index in [1.807, 2.05) is 42.7 Å². The first-order valence-electron chi connectivity index (χ1n) is 7.64. The summed E-state index contributed by atoms with van der Waals surface area (Å²) in [6, 6.07) is 14.9. The number of nitrogens with one attached hydrogen (secondary N) is 2. The van der Waals surface area contributed by atoms with E-state index < -0.39 is 0 Å². The molecule has 0 aliphatic carbocycles. The molecule has 3 heterocycles. The molecule has 4 aromatic rings. The van der Waals surface area contributed by atoms with E-state index >= 15 is 0 Å². The Morgan fingerprint density at radius 3 is 2.29 bits per heavy atom. The number of hydrogen-bond acceptors (Lipinski definition) is 3. The van der Waals surface area contributed by atoms with Crippen LogP contribution in [-0.4, -0.2) is 17.1 Å². The van der Waals surface area contributed by atoms with Gasteiger partial charge in [0.25, 0.3) is 0 Å². The number of methoxy groups -OCH3 is 1. The lowest BCUT2D eigenvalue weighted by molar-refractivity contribution is 0.415. The van der Waals surface area contributed by atoms with Crippen molar-refractivity contribution >= 4 is 11.0 Å². The van der Waals surface area contributed by atoms with Gasteiger partial charge in [-0.15, -0.1) is 0 Å². The fourth-order valence-corrected chi connectivity index (χ4v) is 3.08. The van der Waals surface area contributed by atoms with Crippen LogP contribution in [0, 0.1) is 0 Å². The number of H-pyrrole nitrogens is 2. The highest BCUT2D eigenvalue weighted by atomic mass is 16.5. The molecule has 120 valence electrons. The number of ether oxygens (including phenoxy) is 1. The Kier molecular flexibility index (Phi) is 3.46. The standard InChI is InChI=1S/C19H16N2O3/c1-23-12-6-7-17-13(10-12)14(11-18(22)24-17)19(15-4-2-8-20-15)16-5-3-9-21-16/h2-11,19-21H,1H3. The molecule has 0 bridgehead atoms. The van der Waals surface area contributed by atoms with Gasteiger partial charge < -0.3 is 19.1 Å². The van der Waals surface area contributed by atoms with Crippen molar-refractivity contribution in [2.24, 2.45) is 0 Å². The molecule has 2 N–H and O–H groups in total. The predicted octanol–water partition coefficient (Wildman–Crippen LogP) is 3.64. The van der Waals surface area contributed by atoms with Gasteiger partial charge in [0.05, 0.1) is 13.0 Å². The van der Waals surface area contributed by atoms with Gasteiger partial charge in [-0.05, 0) is 48.0 Å². The Morgan fingerprint density at radius 1 is 1.00 bits per heavy atom. The van der Waals surface area contributed by atoms with Gasteiger partial charge in [0, 0.05) is 35.2 Å². The van der Waals surface area contributed by atoms with Crippen LogP contribution in [0.4, 0.5) is 0 Å². The van der Waals surface area contributed by atoms with Crippen molar-refractivity contribution in [2.75, 3.05) is 7.11 Å². The Bertz CT molecular complexity index is 980. The summed E-state index contributed by atoms with van der Waals surface area (Å²) in [7, 11) is 1.62. The molecule has 0 unspecified atom stereocenters. The van der Waals surface area contributed by atoms with Crippen molar-refractivity contribution < 1.29 is 9.15 Å². The third-order valence-corrected chi connectivity index (χ3v) is 4.16. The van der Waals surface area contributed by atoms with Crippen LogP contribution < -0.4 is 10.4 Å². The van der Waals surface area contributed by atoms with E-state index in [2.05, 4.69) is 9.97 Å². The third-order valence-electron chi connectivity index (χ3n) is 4.16. The number of benzene rings is 1. The highest BCUT2D eigenvalue weighted by Crippen LogP contribution is 2.35. The molecule has 0 radical (unpaired) electrons. The van der Waals surface area contributed by atoms with E-state index in [1.165, 1.54) is 0 Å². The smallest absolute Gasteiger partial charge is 0.336 e. The summed E-state index contributed by atoms with van der Waals surface area (Å²) in [5.74, 6) is 0.586. The van der Waals surface area contributed by atoms with Crippen LogP contribution >= 0.6 is 0 Å². The minimum Gasteiger partial charge on any atom is -0.497 e. The van der Waals surface area contributed by atoms with Gasteiger partial charge in [-0.2, -0.15) is 0 Å². The number of aromatic nitrogens is 2. The molecule has 0 aliphatic heterocycles. The molecule has 24 heavy (non-hydrogen) atoms. The van der Waals surface area contributed by atoms with Crippen LogP contribution in [0.3, 0.4) is 0 Å². The number of rotatable bonds is 4. The van der Waals surface area contributed by atoms with Crippen molar-refractivity contribution in [3.05, 3.63) is 88.3 Å². The Morgan fingerprint density at radius 2 is 1.71 bits per heavy atom. The second kappa shape index (κ2) is 5.77. The van der Waals surface area contributed by atoms with E-state index in [9.17, 15) is 4.79 Å². The zero-order valence-electron chi connectivity index (χ0n) is 13.1. The minimum absolute atomic E-state index is 0.131. The lowest BCUT2D eigenvalue weighted by Crippen LogP contribution is -2.09. The average Bonchev–Trinajstić information content (AvgIpc) is 3.29. The fraction of sp³-hybridized carbons (Fsp3) is 0.105. The van der Waals surface area contributed by atoms with Gasteiger partial charge in [0.1, 0.15) is 11.3 Å². The molecule has 4 rings (SSSR count). The Labute approximate surface area is 137 Å². The monoisotopic (exact) mass is 320 g/mol. The van der Waals surface area contributed by atoms with E-state index in [0.717, 1.165) is 22.3 Å². The van der Waals surface area contributed by atoms with Crippen molar-refractivity contribution in [1.29, 1.82) is 0 Å². The molecule has 5 nitrogen and oxygen atoms in total. The largest absolute Gasteiger partial charge is 0.497 e. The van der Waals surface area contributed by atoms with Crippen LogP contribution in [0.5, 0.6) is 5.75 Å². The van der Waals surface area contributed by atoms with Crippen LogP contribution in [0.15, 0.2) is 70.1 Å². The van der Waals surface area contributed by atoms with Crippen molar-refractivity contribution in [3.63, 3.8) is 0 Å². The second-order valence-corrected chi connectivity index (χ2v) is 5.57. The highest BCUT2D eigenvalue weighted by Gasteiger charge is 2.22. The van der Waals surface area contributed by atoms with Gasteiger partial charge in [-0.1, -0.05) is 0 Å². The molecule has 5 heteroatoms. The molecule has 1 aromatic carbocycles. The molecule has 0 fully saturated rings. The van der Waals surface area contributed by atoms with E-state index in [0.29, 0.717) is 11.3 Å². The van der Waals surface area contributed by atoms with Gasteiger partial charge >= 0.3 is 5.63 Å². The third kappa shape index (κ3) is 2.40. The van der Waals surface area contributed by atoms with Crippen molar-refractivity contribution in [3.8, 4) is 5.75 Å². The molecule has 0 aliphatic rings. The Balaban J connectivity index is 2.03. The maximum Gasteiger partial charge on any atom is 0.336 e. The van der Waals surface area contributed by atoms with Crippen LogP contribution in [0.25, 0.3) is 11.0 Å². The summed E-state index contributed by atoms with van der Waals surface area (Å²) < 4.78 is 10.7. The van der Waals surface area contributed by atoms with E-state index in [4.69, 9.17) is 9.15 Å². The maximum atomic E-state index is 12.1. The average molecular weight is 320 g/mol. The summed E-state index contributed by atoms with van der Waals surface area (Å²) in [6.45, 7) is 0. The predicted molar refractivity (Wildman–Crippen MR) is 91.6 cm³/mol. The van der Waals surface area contributed by atoms with Crippen molar-refractivity contribution in [2.45, 2.75) is 5.92 Å².